The molecule has 2 N–H and O–H groups in total. The summed E-state index contributed by atoms with van der Waals surface area (Å²) in [5.41, 5.74) is 1.93. The van der Waals surface area contributed by atoms with E-state index in [1.54, 1.807) is 18.3 Å². The van der Waals surface area contributed by atoms with E-state index in [1.165, 1.54) is 24.4 Å². The predicted octanol–water partition coefficient (Wildman–Crippen LogP) is 4.75. The second-order valence-electron chi connectivity index (χ2n) is 6.76. The molecule has 0 amide bonds. The van der Waals surface area contributed by atoms with Crippen molar-refractivity contribution in [3.8, 4) is 17.3 Å². The van der Waals surface area contributed by atoms with E-state index >= 15 is 0 Å². The number of fused-ring (bicyclic) bond motifs is 1. The maximum absolute atomic E-state index is 13.8. The lowest BCUT2D eigenvalue weighted by molar-refractivity contribution is 0.0173. The number of pyridine rings is 1. The average molecular weight is 408 g/mol. The maximum atomic E-state index is 13.8. The van der Waals surface area contributed by atoms with Gasteiger partial charge in [-0.3, -0.25) is 0 Å². The minimum Gasteiger partial charge on any atom is -0.350 e. The topological polar surface area (TPSA) is 90.3 Å². The summed E-state index contributed by atoms with van der Waals surface area (Å²) in [6.07, 6.45) is 4.05. The van der Waals surface area contributed by atoms with Crippen LogP contribution in [0, 0.1) is 17.1 Å². The van der Waals surface area contributed by atoms with Crippen LogP contribution in [0.3, 0.4) is 0 Å². The van der Waals surface area contributed by atoms with Crippen LogP contribution in [0.15, 0.2) is 48.9 Å². The van der Waals surface area contributed by atoms with Gasteiger partial charge in [-0.2, -0.15) is 5.26 Å². The van der Waals surface area contributed by atoms with Crippen LogP contribution >= 0.6 is 0 Å². The summed E-state index contributed by atoms with van der Waals surface area (Å²) in [5, 5.41) is 12.9. The number of rotatable bonds is 5. The summed E-state index contributed by atoms with van der Waals surface area (Å²) in [6.45, 7) is 1.14. The lowest BCUT2D eigenvalue weighted by atomic mass is 10.1. The number of hydrogen-bond acceptors (Lipinski definition) is 5. The fraction of sp³-hybridized carbons (Fsp3) is 0.143. The van der Waals surface area contributed by atoms with Crippen molar-refractivity contribution in [3.05, 3.63) is 71.4 Å². The van der Waals surface area contributed by atoms with Gasteiger partial charge in [0.2, 0.25) is 5.95 Å². The van der Waals surface area contributed by atoms with E-state index < -0.39 is 5.92 Å². The van der Waals surface area contributed by atoms with Crippen molar-refractivity contribution in [1.82, 2.24) is 19.9 Å². The van der Waals surface area contributed by atoms with Gasteiger partial charge in [0, 0.05) is 42.4 Å². The Morgan fingerprint density at radius 3 is 2.63 bits per heavy atom. The molecular weight excluding hydrogens is 393 g/mol. The number of nitrogens with zero attached hydrogens (tertiary/aromatic N) is 4. The van der Waals surface area contributed by atoms with Crippen LogP contribution in [0.25, 0.3) is 22.3 Å². The van der Waals surface area contributed by atoms with Gasteiger partial charge in [-0.15, -0.1) is 0 Å². The van der Waals surface area contributed by atoms with Gasteiger partial charge in [0.05, 0.1) is 17.5 Å². The molecule has 0 atom stereocenters. The van der Waals surface area contributed by atoms with Crippen molar-refractivity contribution in [2.45, 2.75) is 19.4 Å². The molecule has 30 heavy (non-hydrogen) atoms. The second kappa shape index (κ2) is 7.48. The number of aromatic amines is 1. The minimum atomic E-state index is -3.05. The van der Waals surface area contributed by atoms with Gasteiger partial charge in [0.15, 0.2) is 0 Å². The predicted molar refractivity (Wildman–Crippen MR) is 105 cm³/mol. The Balaban J connectivity index is 1.72. The highest BCUT2D eigenvalue weighted by Crippen LogP contribution is 2.33. The van der Waals surface area contributed by atoms with Crippen molar-refractivity contribution >= 4 is 17.0 Å². The number of nitrogens with one attached hydrogen (secondary N) is 2. The van der Waals surface area contributed by atoms with Gasteiger partial charge < -0.3 is 10.3 Å². The average Bonchev–Trinajstić information content (AvgIpc) is 3.15. The zero-order chi connectivity index (χ0) is 21.3. The normalized spacial score (nSPS) is 11.4. The number of aromatic nitrogens is 4. The third-order valence-corrected chi connectivity index (χ3v) is 4.57. The largest absolute Gasteiger partial charge is 0.350 e. The van der Waals surface area contributed by atoms with Crippen molar-refractivity contribution in [2.24, 2.45) is 0 Å². The third kappa shape index (κ3) is 3.80. The SMILES string of the molecule is CC(F)(F)c1cnc2[nH]cc(-c3nc(NCc4ccc(F)cc4)ncc3C#N)c2c1. The van der Waals surface area contributed by atoms with E-state index in [4.69, 9.17) is 0 Å². The first-order valence-electron chi connectivity index (χ1n) is 8.96. The Kier molecular flexibility index (Phi) is 4.83. The standard InChI is InChI=1S/C21H15F3N6/c1-21(23,24)14-6-16-17(11-27-19(16)26-10-14)18-13(7-25)9-29-20(30-18)28-8-12-2-4-15(22)5-3-12/h2-6,9-11H,8H2,1H3,(H,26,27)(H,28,29,30). The monoisotopic (exact) mass is 408 g/mol. The van der Waals surface area contributed by atoms with Crippen LogP contribution in [-0.4, -0.2) is 19.9 Å². The molecule has 9 heteroatoms. The number of alkyl halides is 2. The highest BCUT2D eigenvalue weighted by atomic mass is 19.3. The molecule has 150 valence electrons. The Morgan fingerprint density at radius 2 is 1.93 bits per heavy atom. The van der Waals surface area contributed by atoms with Crippen molar-refractivity contribution in [2.75, 3.05) is 5.32 Å². The van der Waals surface area contributed by atoms with Gasteiger partial charge in [0.25, 0.3) is 5.92 Å². The summed E-state index contributed by atoms with van der Waals surface area (Å²) < 4.78 is 40.6. The molecule has 0 aliphatic carbocycles. The van der Waals surface area contributed by atoms with E-state index in [0.717, 1.165) is 18.7 Å². The Bertz CT molecular complexity index is 1250. The Hall–Kier alpha value is -3.93. The minimum absolute atomic E-state index is 0.192. The first-order chi connectivity index (χ1) is 14.3. The number of nitriles is 1. The smallest absolute Gasteiger partial charge is 0.272 e. The van der Waals surface area contributed by atoms with E-state index in [1.807, 2.05) is 6.07 Å². The highest BCUT2D eigenvalue weighted by Gasteiger charge is 2.26. The van der Waals surface area contributed by atoms with Crippen LogP contribution in [0.1, 0.15) is 23.6 Å². The molecule has 0 aliphatic heterocycles. The number of benzene rings is 1. The molecule has 4 aromatic rings. The van der Waals surface area contributed by atoms with Crippen molar-refractivity contribution < 1.29 is 13.2 Å². The molecule has 0 radical (unpaired) electrons. The summed E-state index contributed by atoms with van der Waals surface area (Å²) in [4.78, 5) is 15.5. The van der Waals surface area contributed by atoms with Crippen molar-refractivity contribution in [1.29, 1.82) is 5.26 Å². The number of anilines is 1. The van der Waals surface area contributed by atoms with E-state index in [2.05, 4.69) is 25.3 Å². The quantitative estimate of drug-likeness (QED) is 0.497. The maximum Gasteiger partial charge on any atom is 0.272 e. The molecule has 6 nitrogen and oxygen atoms in total. The van der Waals surface area contributed by atoms with Crippen LogP contribution in [0.4, 0.5) is 19.1 Å². The Morgan fingerprint density at radius 1 is 1.17 bits per heavy atom. The molecule has 0 aliphatic rings. The van der Waals surface area contributed by atoms with Crippen LogP contribution in [0.5, 0.6) is 0 Å². The molecule has 0 unspecified atom stereocenters. The summed E-state index contributed by atoms with van der Waals surface area (Å²) >= 11 is 0. The molecule has 0 saturated carbocycles. The lowest BCUT2D eigenvalue weighted by Crippen LogP contribution is -2.07. The molecule has 1 aromatic carbocycles. The van der Waals surface area contributed by atoms with Crippen molar-refractivity contribution in [3.63, 3.8) is 0 Å². The van der Waals surface area contributed by atoms with E-state index in [0.29, 0.717) is 28.8 Å². The molecule has 0 fully saturated rings. The zero-order valence-electron chi connectivity index (χ0n) is 15.7. The first kappa shape index (κ1) is 19.4. The first-order valence-corrected chi connectivity index (χ1v) is 8.96. The lowest BCUT2D eigenvalue weighted by Gasteiger charge is -2.11. The fourth-order valence-electron chi connectivity index (χ4n) is 2.98. The van der Waals surface area contributed by atoms with Gasteiger partial charge in [-0.05, 0) is 23.8 Å². The summed E-state index contributed by atoms with van der Waals surface area (Å²) in [6, 6.07) is 9.32. The zero-order valence-corrected chi connectivity index (χ0v) is 15.7. The van der Waals surface area contributed by atoms with E-state index in [-0.39, 0.29) is 22.9 Å². The number of halogens is 3. The third-order valence-electron chi connectivity index (χ3n) is 4.57. The molecular formula is C21H15F3N6. The fourth-order valence-corrected chi connectivity index (χ4v) is 2.98. The summed E-state index contributed by atoms with van der Waals surface area (Å²) in [7, 11) is 0. The molecule has 0 spiro atoms. The van der Waals surface area contributed by atoms with Gasteiger partial charge in [-0.1, -0.05) is 12.1 Å². The molecule has 3 aromatic heterocycles. The highest BCUT2D eigenvalue weighted by molar-refractivity contribution is 5.94. The molecule has 3 heterocycles. The van der Waals surface area contributed by atoms with Crippen LogP contribution in [0.2, 0.25) is 0 Å². The molecule has 0 saturated heterocycles. The number of hydrogen-bond donors (Lipinski definition) is 2. The van der Waals surface area contributed by atoms with Gasteiger partial charge in [0.1, 0.15) is 17.5 Å². The second-order valence-corrected chi connectivity index (χ2v) is 6.76. The van der Waals surface area contributed by atoms with E-state index in [9.17, 15) is 18.4 Å². The molecule has 0 bridgehead atoms. The van der Waals surface area contributed by atoms with Crippen LogP contribution < -0.4 is 5.32 Å². The summed E-state index contributed by atoms with van der Waals surface area (Å²) in [5.74, 6) is -3.14. The van der Waals surface area contributed by atoms with Crippen LogP contribution in [-0.2, 0) is 12.5 Å². The number of H-pyrrole nitrogens is 1. The van der Waals surface area contributed by atoms with Gasteiger partial charge >= 0.3 is 0 Å². The van der Waals surface area contributed by atoms with Gasteiger partial charge in [-0.25, -0.2) is 28.1 Å². The Labute approximate surface area is 169 Å². The molecule has 4 rings (SSSR count).